The molecular formula is C18H17ClN2O2. The molecule has 0 aromatic heterocycles. The number of carbonyl (C=O) groups is 1. The van der Waals surface area contributed by atoms with Crippen molar-refractivity contribution in [1.82, 2.24) is 5.43 Å². The first kappa shape index (κ1) is 15.6. The Balaban J connectivity index is 1.57. The lowest BCUT2D eigenvalue weighted by molar-refractivity contribution is -0.123. The van der Waals surface area contributed by atoms with Gasteiger partial charge in [-0.05, 0) is 49.1 Å². The maximum Gasteiger partial charge on any atom is 0.277 e. The van der Waals surface area contributed by atoms with E-state index in [1.165, 1.54) is 5.56 Å². The highest BCUT2D eigenvalue weighted by Crippen LogP contribution is 2.21. The van der Waals surface area contributed by atoms with Crippen LogP contribution >= 0.6 is 11.6 Å². The van der Waals surface area contributed by atoms with Gasteiger partial charge in [-0.2, -0.15) is 5.10 Å². The van der Waals surface area contributed by atoms with Gasteiger partial charge < -0.3 is 4.74 Å². The van der Waals surface area contributed by atoms with Gasteiger partial charge in [0.1, 0.15) is 5.75 Å². The van der Waals surface area contributed by atoms with Gasteiger partial charge in [0.25, 0.3) is 5.91 Å². The minimum atomic E-state index is -0.282. The van der Waals surface area contributed by atoms with Gasteiger partial charge in [-0.15, -0.1) is 0 Å². The maximum absolute atomic E-state index is 11.9. The fourth-order valence-electron chi connectivity index (χ4n) is 2.56. The molecule has 0 aliphatic heterocycles. The van der Waals surface area contributed by atoms with Gasteiger partial charge in [-0.1, -0.05) is 35.9 Å². The summed E-state index contributed by atoms with van der Waals surface area (Å²) in [6.45, 7) is -0.0833. The Kier molecular flexibility index (Phi) is 4.93. The molecule has 0 heterocycles. The van der Waals surface area contributed by atoms with Crippen LogP contribution in [-0.4, -0.2) is 18.2 Å². The molecule has 3 rings (SSSR count). The zero-order valence-corrected chi connectivity index (χ0v) is 13.3. The predicted molar refractivity (Wildman–Crippen MR) is 91.0 cm³/mol. The number of ether oxygens (including phenoxy) is 1. The Morgan fingerprint density at radius 3 is 2.74 bits per heavy atom. The molecule has 0 atom stereocenters. The number of hydrogen-bond donors (Lipinski definition) is 1. The Labute approximate surface area is 140 Å². The van der Waals surface area contributed by atoms with Crippen molar-refractivity contribution in [1.29, 1.82) is 0 Å². The molecule has 0 fully saturated rings. The molecule has 2 aromatic carbocycles. The number of aryl methyl sites for hydroxylation is 1. The zero-order chi connectivity index (χ0) is 16.1. The average molecular weight is 329 g/mol. The summed E-state index contributed by atoms with van der Waals surface area (Å²) < 4.78 is 5.39. The number of rotatable bonds is 4. The molecule has 5 heteroatoms. The fraction of sp³-hybridized carbons (Fsp3) is 0.222. The van der Waals surface area contributed by atoms with Crippen molar-refractivity contribution in [2.24, 2.45) is 5.10 Å². The van der Waals surface area contributed by atoms with Gasteiger partial charge in [0.2, 0.25) is 0 Å². The van der Waals surface area contributed by atoms with Crippen LogP contribution in [0.15, 0.2) is 53.6 Å². The molecule has 118 valence electrons. The van der Waals surface area contributed by atoms with Gasteiger partial charge in [0.05, 0.1) is 5.71 Å². The SMILES string of the molecule is O=C(COc1ccc(Cl)cc1)N/N=C1\CCCc2ccccc21. The number of amides is 1. The first-order valence-corrected chi connectivity index (χ1v) is 7.92. The lowest BCUT2D eigenvalue weighted by Crippen LogP contribution is -2.26. The Morgan fingerprint density at radius 2 is 1.91 bits per heavy atom. The van der Waals surface area contributed by atoms with E-state index < -0.39 is 0 Å². The van der Waals surface area contributed by atoms with E-state index in [2.05, 4.69) is 16.6 Å². The van der Waals surface area contributed by atoms with Crippen molar-refractivity contribution in [3.63, 3.8) is 0 Å². The first-order valence-electron chi connectivity index (χ1n) is 7.54. The van der Waals surface area contributed by atoms with Crippen molar-refractivity contribution < 1.29 is 9.53 Å². The van der Waals surface area contributed by atoms with Gasteiger partial charge >= 0.3 is 0 Å². The number of fused-ring (bicyclic) bond motifs is 1. The van der Waals surface area contributed by atoms with E-state index in [-0.39, 0.29) is 12.5 Å². The minimum Gasteiger partial charge on any atom is -0.484 e. The van der Waals surface area contributed by atoms with E-state index in [0.29, 0.717) is 10.8 Å². The second-order valence-electron chi connectivity index (χ2n) is 5.35. The maximum atomic E-state index is 11.9. The summed E-state index contributed by atoms with van der Waals surface area (Å²) in [5.74, 6) is 0.315. The molecule has 2 aromatic rings. The quantitative estimate of drug-likeness (QED) is 0.872. The molecule has 0 saturated carbocycles. The molecule has 1 amide bonds. The number of halogens is 1. The Morgan fingerprint density at radius 1 is 1.13 bits per heavy atom. The largest absolute Gasteiger partial charge is 0.484 e. The summed E-state index contributed by atoms with van der Waals surface area (Å²) in [5.41, 5.74) is 5.90. The lowest BCUT2D eigenvalue weighted by Gasteiger charge is -2.17. The third-order valence-electron chi connectivity index (χ3n) is 3.69. The number of nitrogens with zero attached hydrogens (tertiary/aromatic N) is 1. The van der Waals surface area contributed by atoms with Crippen LogP contribution in [0.4, 0.5) is 0 Å². The van der Waals surface area contributed by atoms with Crippen LogP contribution in [0.2, 0.25) is 5.02 Å². The predicted octanol–water partition coefficient (Wildman–Crippen LogP) is 3.58. The number of hydrazone groups is 1. The second-order valence-corrected chi connectivity index (χ2v) is 5.78. The summed E-state index contributed by atoms with van der Waals surface area (Å²) in [6, 6.07) is 15.0. The van der Waals surface area contributed by atoms with Crippen LogP contribution in [0, 0.1) is 0 Å². The van der Waals surface area contributed by atoms with Gasteiger partial charge in [0, 0.05) is 10.6 Å². The molecule has 23 heavy (non-hydrogen) atoms. The van der Waals surface area contributed by atoms with Gasteiger partial charge in [-0.25, -0.2) is 5.43 Å². The zero-order valence-electron chi connectivity index (χ0n) is 12.6. The molecular weight excluding hydrogens is 312 g/mol. The normalized spacial score (nSPS) is 15.1. The lowest BCUT2D eigenvalue weighted by atomic mass is 9.90. The van der Waals surface area contributed by atoms with Crippen molar-refractivity contribution in [2.45, 2.75) is 19.3 Å². The van der Waals surface area contributed by atoms with E-state index in [9.17, 15) is 4.79 Å². The number of hydrogen-bond acceptors (Lipinski definition) is 3. The van der Waals surface area contributed by atoms with E-state index in [4.69, 9.17) is 16.3 Å². The van der Waals surface area contributed by atoms with Crippen LogP contribution in [0.1, 0.15) is 24.0 Å². The second kappa shape index (κ2) is 7.29. The highest BCUT2D eigenvalue weighted by Gasteiger charge is 2.15. The van der Waals surface area contributed by atoms with Crippen LogP contribution in [0.3, 0.4) is 0 Å². The Hall–Kier alpha value is -2.33. The van der Waals surface area contributed by atoms with Gasteiger partial charge in [0.15, 0.2) is 6.61 Å². The smallest absolute Gasteiger partial charge is 0.277 e. The summed E-state index contributed by atoms with van der Waals surface area (Å²) in [6.07, 6.45) is 2.98. The molecule has 1 aliphatic carbocycles. The van der Waals surface area contributed by atoms with Crippen molar-refractivity contribution in [2.75, 3.05) is 6.61 Å². The van der Waals surface area contributed by atoms with E-state index in [0.717, 1.165) is 30.5 Å². The highest BCUT2D eigenvalue weighted by atomic mass is 35.5. The van der Waals surface area contributed by atoms with Crippen molar-refractivity contribution >= 4 is 23.2 Å². The molecule has 4 nitrogen and oxygen atoms in total. The van der Waals surface area contributed by atoms with Crippen molar-refractivity contribution in [3.05, 3.63) is 64.7 Å². The summed E-state index contributed by atoms with van der Waals surface area (Å²) in [4.78, 5) is 11.9. The topological polar surface area (TPSA) is 50.7 Å². The average Bonchev–Trinajstić information content (AvgIpc) is 2.59. The monoisotopic (exact) mass is 328 g/mol. The van der Waals surface area contributed by atoms with Crippen LogP contribution in [0.25, 0.3) is 0 Å². The highest BCUT2D eigenvalue weighted by molar-refractivity contribution is 6.30. The van der Waals surface area contributed by atoms with Crippen LogP contribution < -0.4 is 10.2 Å². The third kappa shape index (κ3) is 4.11. The molecule has 1 aliphatic rings. The number of nitrogens with one attached hydrogen (secondary N) is 1. The van der Waals surface area contributed by atoms with E-state index >= 15 is 0 Å². The Bertz CT molecular complexity index is 726. The van der Waals surface area contributed by atoms with E-state index in [1.807, 2.05) is 18.2 Å². The van der Waals surface area contributed by atoms with Crippen molar-refractivity contribution in [3.8, 4) is 5.75 Å². The van der Waals surface area contributed by atoms with E-state index in [1.54, 1.807) is 24.3 Å². The number of benzene rings is 2. The fourth-order valence-corrected chi connectivity index (χ4v) is 2.68. The first-order chi connectivity index (χ1) is 11.2. The third-order valence-corrected chi connectivity index (χ3v) is 3.94. The minimum absolute atomic E-state index is 0.0833. The summed E-state index contributed by atoms with van der Waals surface area (Å²) in [7, 11) is 0. The molecule has 0 radical (unpaired) electrons. The van der Waals surface area contributed by atoms with Crippen LogP contribution in [-0.2, 0) is 11.2 Å². The molecule has 1 N–H and O–H groups in total. The molecule has 0 bridgehead atoms. The molecule has 0 unspecified atom stereocenters. The number of carbonyl (C=O) groups excluding carboxylic acids is 1. The van der Waals surface area contributed by atoms with Gasteiger partial charge in [-0.3, -0.25) is 4.79 Å². The molecule has 0 saturated heterocycles. The summed E-state index contributed by atoms with van der Waals surface area (Å²) >= 11 is 5.80. The van der Waals surface area contributed by atoms with Crippen LogP contribution in [0.5, 0.6) is 5.75 Å². The molecule has 0 spiro atoms. The standard InChI is InChI=1S/C18H17ClN2O2/c19-14-8-10-15(11-9-14)23-12-18(22)21-20-17-7-3-5-13-4-1-2-6-16(13)17/h1-2,4,6,8-11H,3,5,7,12H2,(H,21,22)/b20-17+. The summed E-state index contributed by atoms with van der Waals surface area (Å²) in [5, 5.41) is 4.90.